The van der Waals surface area contributed by atoms with Gasteiger partial charge in [-0.05, 0) is 82.3 Å². The SMILES string of the molecule is Cc1cc(CN(Cc2cn(C(C)C)c3cc(N4CCCC4)ccc3c2=O)[C@H]2CCCN(c3cncnc3)C2)ccn1. The van der Waals surface area contributed by atoms with E-state index in [0.29, 0.717) is 6.54 Å². The number of benzene rings is 1. The van der Waals surface area contributed by atoms with Crippen LogP contribution in [0.2, 0.25) is 0 Å². The fourth-order valence-corrected chi connectivity index (χ4v) is 6.52. The van der Waals surface area contributed by atoms with Crippen molar-refractivity contribution in [3.05, 3.63) is 88.5 Å². The fraction of sp³-hybridized carbons (Fsp3) is 0.455. The van der Waals surface area contributed by atoms with Crippen LogP contribution in [0.3, 0.4) is 0 Å². The fourth-order valence-electron chi connectivity index (χ4n) is 6.52. The van der Waals surface area contributed by atoms with Crippen LogP contribution in [0.1, 0.15) is 62.4 Å². The quantitative estimate of drug-likeness (QED) is 0.292. The molecule has 0 N–H and O–H groups in total. The molecule has 0 amide bonds. The zero-order chi connectivity index (χ0) is 28.3. The highest BCUT2D eigenvalue weighted by atomic mass is 16.1. The second-order valence-corrected chi connectivity index (χ2v) is 11.9. The van der Waals surface area contributed by atoms with Crippen molar-refractivity contribution < 1.29 is 0 Å². The van der Waals surface area contributed by atoms with E-state index in [0.717, 1.165) is 73.4 Å². The normalized spacial score (nSPS) is 17.7. The minimum Gasteiger partial charge on any atom is -0.371 e. The van der Waals surface area contributed by atoms with Gasteiger partial charge >= 0.3 is 0 Å². The summed E-state index contributed by atoms with van der Waals surface area (Å²) in [5.74, 6) is 0. The van der Waals surface area contributed by atoms with Crippen LogP contribution >= 0.6 is 0 Å². The summed E-state index contributed by atoms with van der Waals surface area (Å²) >= 11 is 0. The number of hydrogen-bond donors (Lipinski definition) is 0. The van der Waals surface area contributed by atoms with Crippen molar-refractivity contribution in [2.75, 3.05) is 36.0 Å². The molecule has 2 aliphatic rings. The topological polar surface area (TPSA) is 70.4 Å². The van der Waals surface area contributed by atoms with Crippen molar-refractivity contribution in [2.45, 2.75) is 71.6 Å². The van der Waals surface area contributed by atoms with E-state index < -0.39 is 0 Å². The summed E-state index contributed by atoms with van der Waals surface area (Å²) in [6.45, 7) is 11.8. The summed E-state index contributed by atoms with van der Waals surface area (Å²) in [5, 5.41) is 0.811. The molecule has 214 valence electrons. The van der Waals surface area contributed by atoms with E-state index in [9.17, 15) is 4.79 Å². The number of anilines is 2. The number of aryl methyl sites for hydroxylation is 1. The largest absolute Gasteiger partial charge is 0.371 e. The lowest BCUT2D eigenvalue weighted by Gasteiger charge is -2.40. The first-order valence-electron chi connectivity index (χ1n) is 15.0. The van der Waals surface area contributed by atoms with Gasteiger partial charge in [0, 0.05) is 86.1 Å². The first kappa shape index (κ1) is 27.4. The van der Waals surface area contributed by atoms with Crippen LogP contribution in [0, 0.1) is 6.92 Å². The third-order valence-corrected chi connectivity index (χ3v) is 8.66. The van der Waals surface area contributed by atoms with Crippen molar-refractivity contribution in [1.29, 1.82) is 0 Å². The van der Waals surface area contributed by atoms with E-state index in [1.54, 1.807) is 6.33 Å². The van der Waals surface area contributed by atoms with Crippen molar-refractivity contribution >= 4 is 22.3 Å². The summed E-state index contributed by atoms with van der Waals surface area (Å²) in [6, 6.07) is 11.2. The van der Waals surface area contributed by atoms with Gasteiger partial charge in [0.2, 0.25) is 0 Å². The van der Waals surface area contributed by atoms with Crippen LogP contribution in [-0.4, -0.2) is 56.6 Å². The number of aromatic nitrogens is 4. The second kappa shape index (κ2) is 12.0. The highest BCUT2D eigenvalue weighted by Crippen LogP contribution is 2.28. The predicted octanol–water partition coefficient (Wildman–Crippen LogP) is 5.35. The summed E-state index contributed by atoms with van der Waals surface area (Å²) in [5.41, 5.74) is 6.53. The molecule has 0 bridgehead atoms. The molecule has 0 saturated carbocycles. The van der Waals surface area contributed by atoms with Crippen LogP contribution in [0.15, 0.2) is 66.2 Å². The molecule has 8 heteroatoms. The van der Waals surface area contributed by atoms with Gasteiger partial charge in [-0.25, -0.2) is 9.97 Å². The maximum absolute atomic E-state index is 14.1. The molecule has 1 atom stereocenters. The number of rotatable bonds is 8. The molecule has 0 unspecified atom stereocenters. The number of nitrogens with zero attached hydrogens (tertiary/aromatic N) is 7. The summed E-state index contributed by atoms with van der Waals surface area (Å²) in [7, 11) is 0. The van der Waals surface area contributed by atoms with Gasteiger partial charge in [-0.1, -0.05) is 0 Å². The molecule has 0 aliphatic carbocycles. The predicted molar refractivity (Wildman–Crippen MR) is 166 cm³/mol. The van der Waals surface area contributed by atoms with E-state index in [1.807, 2.05) is 25.5 Å². The lowest BCUT2D eigenvalue weighted by Crippen LogP contribution is -2.48. The van der Waals surface area contributed by atoms with Gasteiger partial charge in [-0.3, -0.25) is 14.7 Å². The van der Waals surface area contributed by atoms with E-state index in [-0.39, 0.29) is 17.5 Å². The van der Waals surface area contributed by atoms with Gasteiger partial charge < -0.3 is 14.4 Å². The van der Waals surface area contributed by atoms with Crippen LogP contribution in [0.5, 0.6) is 0 Å². The lowest BCUT2D eigenvalue weighted by molar-refractivity contribution is 0.158. The molecular formula is C33H41N7O. The zero-order valence-corrected chi connectivity index (χ0v) is 24.5. The molecule has 41 heavy (non-hydrogen) atoms. The average molecular weight is 552 g/mol. The van der Waals surface area contributed by atoms with E-state index in [4.69, 9.17) is 0 Å². The Kier molecular flexibility index (Phi) is 8.01. The van der Waals surface area contributed by atoms with E-state index in [2.05, 4.69) is 84.6 Å². The minimum atomic E-state index is 0.143. The lowest BCUT2D eigenvalue weighted by atomic mass is 10.0. The van der Waals surface area contributed by atoms with Crippen molar-refractivity contribution in [3.63, 3.8) is 0 Å². The molecule has 3 aromatic heterocycles. The monoisotopic (exact) mass is 551 g/mol. The Morgan fingerprint density at radius 2 is 1.73 bits per heavy atom. The zero-order valence-electron chi connectivity index (χ0n) is 24.5. The molecule has 1 aromatic carbocycles. The van der Waals surface area contributed by atoms with Crippen molar-refractivity contribution in [2.24, 2.45) is 0 Å². The first-order valence-corrected chi connectivity index (χ1v) is 15.0. The van der Waals surface area contributed by atoms with E-state index >= 15 is 0 Å². The van der Waals surface area contributed by atoms with Crippen molar-refractivity contribution in [3.8, 4) is 0 Å². The van der Waals surface area contributed by atoms with E-state index in [1.165, 1.54) is 24.1 Å². The molecule has 5 heterocycles. The Bertz CT molecular complexity index is 1540. The molecule has 2 saturated heterocycles. The molecule has 2 fully saturated rings. The van der Waals surface area contributed by atoms with Crippen LogP contribution in [0.25, 0.3) is 10.9 Å². The third-order valence-electron chi connectivity index (χ3n) is 8.66. The van der Waals surface area contributed by atoms with Crippen molar-refractivity contribution in [1.82, 2.24) is 24.4 Å². The summed E-state index contributed by atoms with van der Waals surface area (Å²) < 4.78 is 2.30. The molecule has 8 nitrogen and oxygen atoms in total. The Morgan fingerprint density at radius 3 is 2.49 bits per heavy atom. The first-order chi connectivity index (χ1) is 20.0. The van der Waals surface area contributed by atoms with Gasteiger partial charge in [-0.15, -0.1) is 0 Å². The second-order valence-electron chi connectivity index (χ2n) is 11.9. The standard InChI is InChI=1S/C33H41N7O/c1-24(2)40-21-27(33(41)31-9-8-28(16-32(31)40)37-12-4-5-13-37)20-39(19-26-10-11-36-25(3)15-26)29-7-6-14-38(22-29)30-17-34-23-35-18-30/h8-11,15-18,21,23-24,29H,4-7,12-14,19-20,22H2,1-3H3/t29-/m0/s1. The Hall–Kier alpha value is -3.78. The average Bonchev–Trinajstić information content (AvgIpc) is 3.54. The van der Waals surface area contributed by atoms with Gasteiger partial charge in [0.25, 0.3) is 0 Å². The maximum atomic E-state index is 14.1. The minimum absolute atomic E-state index is 0.143. The highest BCUT2D eigenvalue weighted by Gasteiger charge is 2.27. The molecule has 0 radical (unpaired) electrons. The van der Waals surface area contributed by atoms with Crippen LogP contribution in [0.4, 0.5) is 11.4 Å². The molecular weight excluding hydrogens is 510 g/mol. The van der Waals surface area contributed by atoms with Crippen LogP contribution < -0.4 is 15.2 Å². The Labute approximate surface area is 242 Å². The summed E-state index contributed by atoms with van der Waals surface area (Å²) in [4.78, 5) is 34.3. The van der Waals surface area contributed by atoms with Gasteiger partial charge in [0.15, 0.2) is 5.43 Å². The van der Waals surface area contributed by atoms with Crippen LogP contribution in [-0.2, 0) is 13.1 Å². The smallest absolute Gasteiger partial charge is 0.193 e. The number of pyridine rings is 2. The number of fused-ring (bicyclic) bond motifs is 1. The van der Waals surface area contributed by atoms with Gasteiger partial charge in [-0.2, -0.15) is 0 Å². The Morgan fingerprint density at radius 1 is 0.951 bits per heavy atom. The third kappa shape index (κ3) is 5.98. The number of hydrogen-bond acceptors (Lipinski definition) is 7. The highest BCUT2D eigenvalue weighted by molar-refractivity contribution is 5.83. The molecule has 2 aliphatic heterocycles. The molecule has 4 aromatic rings. The molecule has 0 spiro atoms. The van der Waals surface area contributed by atoms with Gasteiger partial charge in [0.1, 0.15) is 6.33 Å². The van der Waals surface area contributed by atoms with Gasteiger partial charge in [0.05, 0.1) is 23.6 Å². The number of piperidine rings is 1. The Balaban J connectivity index is 1.36. The molecule has 6 rings (SSSR count). The maximum Gasteiger partial charge on any atom is 0.193 e. The summed E-state index contributed by atoms with van der Waals surface area (Å²) in [6.07, 6.45) is 14.0.